The van der Waals surface area contributed by atoms with Crippen LogP contribution in [0.5, 0.6) is 0 Å². The largest absolute Gasteiger partial charge is 0.402 e. The van der Waals surface area contributed by atoms with E-state index in [0.717, 1.165) is 33.8 Å². The Morgan fingerprint density at radius 3 is 2.15 bits per heavy atom. The van der Waals surface area contributed by atoms with Gasteiger partial charge in [-0.2, -0.15) is 0 Å². The molecule has 1 aliphatic rings. The van der Waals surface area contributed by atoms with Crippen LogP contribution in [0.2, 0.25) is 0 Å². The van der Waals surface area contributed by atoms with Gasteiger partial charge in [0.2, 0.25) is 0 Å². The molecule has 3 heteroatoms. The number of hydrogen-bond donors (Lipinski definition) is 2. The van der Waals surface area contributed by atoms with Crippen LogP contribution in [0.4, 0.5) is 0 Å². The second kappa shape index (κ2) is 5.95. The van der Waals surface area contributed by atoms with E-state index in [1.807, 2.05) is 51.2 Å². The maximum atomic E-state index is 6.33. The van der Waals surface area contributed by atoms with E-state index in [0.29, 0.717) is 5.92 Å². The molecule has 0 aliphatic heterocycles. The lowest BCUT2D eigenvalue weighted by atomic mass is 9.93. The Balaban J connectivity index is 2.47. The molecule has 2 rings (SSSR count). The van der Waals surface area contributed by atoms with Gasteiger partial charge in [-0.1, -0.05) is 30.3 Å². The van der Waals surface area contributed by atoms with Gasteiger partial charge in [-0.05, 0) is 37.8 Å². The molecule has 20 heavy (non-hydrogen) atoms. The Morgan fingerprint density at radius 2 is 1.70 bits per heavy atom. The van der Waals surface area contributed by atoms with Crippen molar-refractivity contribution in [3.63, 3.8) is 0 Å². The van der Waals surface area contributed by atoms with E-state index in [-0.39, 0.29) is 0 Å². The molecule has 0 saturated heterocycles. The zero-order chi connectivity index (χ0) is 14.7. The third-order valence-corrected chi connectivity index (χ3v) is 3.72. The van der Waals surface area contributed by atoms with E-state index in [1.165, 1.54) is 12.8 Å². The fourth-order valence-corrected chi connectivity index (χ4v) is 2.51. The number of rotatable bonds is 4. The predicted octanol–water partition coefficient (Wildman–Crippen LogP) is 3.09. The third-order valence-electron chi connectivity index (χ3n) is 3.72. The van der Waals surface area contributed by atoms with Crippen LogP contribution in [0, 0.1) is 5.92 Å². The van der Waals surface area contributed by atoms with E-state index in [1.54, 1.807) is 0 Å². The van der Waals surface area contributed by atoms with E-state index in [4.69, 9.17) is 11.5 Å². The molecule has 1 fully saturated rings. The predicted molar refractivity (Wildman–Crippen MR) is 86.2 cm³/mol. The molecule has 0 radical (unpaired) electrons. The molecular weight excluding hydrogens is 246 g/mol. The van der Waals surface area contributed by atoms with Gasteiger partial charge in [-0.15, -0.1) is 0 Å². The Kier molecular flexibility index (Phi) is 4.28. The number of nitrogens with zero attached hydrogens (tertiary/aromatic N) is 1. The first-order valence-corrected chi connectivity index (χ1v) is 7.01. The molecule has 0 atom stereocenters. The highest BCUT2D eigenvalue weighted by atomic mass is 14.7. The fraction of sp³-hybridized carbons (Fsp3) is 0.353. The number of allylic oxidation sites excluding steroid dienone is 3. The molecule has 0 unspecified atom stereocenters. The summed E-state index contributed by atoms with van der Waals surface area (Å²) in [5.41, 5.74) is 18.1. The normalized spacial score (nSPS) is 18.4. The second-order valence-corrected chi connectivity index (χ2v) is 5.35. The van der Waals surface area contributed by atoms with Gasteiger partial charge < -0.3 is 11.5 Å². The van der Waals surface area contributed by atoms with Crippen LogP contribution < -0.4 is 11.5 Å². The zero-order valence-corrected chi connectivity index (χ0v) is 12.5. The lowest BCUT2D eigenvalue weighted by Crippen LogP contribution is -2.15. The minimum Gasteiger partial charge on any atom is -0.402 e. The average molecular weight is 269 g/mol. The van der Waals surface area contributed by atoms with Crippen molar-refractivity contribution in [1.82, 2.24) is 0 Å². The van der Waals surface area contributed by atoms with Crippen LogP contribution in [-0.2, 0) is 0 Å². The topological polar surface area (TPSA) is 64.4 Å². The molecule has 106 valence electrons. The first-order valence-electron chi connectivity index (χ1n) is 7.01. The molecule has 1 aliphatic carbocycles. The molecule has 0 bridgehead atoms. The molecule has 1 saturated carbocycles. The molecule has 0 aromatic heterocycles. The van der Waals surface area contributed by atoms with Crippen molar-refractivity contribution in [2.24, 2.45) is 22.4 Å². The highest BCUT2D eigenvalue weighted by molar-refractivity contribution is 6.08. The molecule has 0 heterocycles. The summed E-state index contributed by atoms with van der Waals surface area (Å²) in [5.74, 6) is 0.548. The van der Waals surface area contributed by atoms with Gasteiger partial charge in [0.25, 0.3) is 0 Å². The lowest BCUT2D eigenvalue weighted by molar-refractivity contribution is 1.13. The van der Waals surface area contributed by atoms with Crippen LogP contribution in [0.25, 0.3) is 5.70 Å². The van der Waals surface area contributed by atoms with E-state index in [9.17, 15) is 0 Å². The molecule has 1 aromatic carbocycles. The summed E-state index contributed by atoms with van der Waals surface area (Å²) in [4.78, 5) is 4.46. The number of benzene rings is 1. The summed E-state index contributed by atoms with van der Waals surface area (Å²) >= 11 is 0. The van der Waals surface area contributed by atoms with Crippen molar-refractivity contribution in [1.29, 1.82) is 0 Å². The van der Waals surface area contributed by atoms with Gasteiger partial charge in [0.05, 0.1) is 0 Å². The zero-order valence-electron chi connectivity index (χ0n) is 12.5. The molecule has 0 spiro atoms. The SMILES string of the molecule is CN=C(C(/C(C)=C(\N)c1ccccc1)=C(\C)N)C1CC1. The minimum absolute atomic E-state index is 0.548. The van der Waals surface area contributed by atoms with Crippen molar-refractivity contribution in [2.45, 2.75) is 26.7 Å². The van der Waals surface area contributed by atoms with Gasteiger partial charge >= 0.3 is 0 Å². The summed E-state index contributed by atoms with van der Waals surface area (Å²) in [6, 6.07) is 10.00. The number of nitrogens with two attached hydrogens (primary N) is 2. The molecular formula is C17H23N3. The van der Waals surface area contributed by atoms with E-state index >= 15 is 0 Å². The molecule has 1 aromatic rings. The summed E-state index contributed by atoms with van der Waals surface area (Å²) in [7, 11) is 1.84. The molecule has 3 nitrogen and oxygen atoms in total. The van der Waals surface area contributed by atoms with Gasteiger partial charge in [0.15, 0.2) is 0 Å². The first-order chi connectivity index (χ1) is 9.56. The smallest absolute Gasteiger partial charge is 0.0468 e. The van der Waals surface area contributed by atoms with Gasteiger partial charge in [0.1, 0.15) is 0 Å². The maximum absolute atomic E-state index is 6.33. The minimum atomic E-state index is 0.548. The van der Waals surface area contributed by atoms with E-state index < -0.39 is 0 Å². The summed E-state index contributed by atoms with van der Waals surface area (Å²) in [6.45, 7) is 3.95. The molecule has 4 N–H and O–H groups in total. The third kappa shape index (κ3) is 2.93. The van der Waals surface area contributed by atoms with Gasteiger partial charge in [0, 0.05) is 35.6 Å². The van der Waals surface area contributed by atoms with Crippen LogP contribution in [0.15, 0.2) is 52.2 Å². The van der Waals surface area contributed by atoms with Crippen LogP contribution in [0.3, 0.4) is 0 Å². The Labute approximate surface area is 121 Å². The van der Waals surface area contributed by atoms with Crippen LogP contribution >= 0.6 is 0 Å². The highest BCUT2D eigenvalue weighted by Crippen LogP contribution is 2.36. The Morgan fingerprint density at radius 1 is 1.10 bits per heavy atom. The van der Waals surface area contributed by atoms with Crippen molar-refractivity contribution < 1.29 is 0 Å². The van der Waals surface area contributed by atoms with E-state index in [2.05, 4.69) is 4.99 Å². The highest BCUT2D eigenvalue weighted by Gasteiger charge is 2.31. The Bertz CT molecular complexity index is 572. The van der Waals surface area contributed by atoms with Gasteiger partial charge in [-0.25, -0.2) is 0 Å². The van der Waals surface area contributed by atoms with Crippen molar-refractivity contribution in [3.05, 3.63) is 52.7 Å². The standard InChI is InChI=1S/C17H23N3/c1-11(16(19)13-7-5-4-6-8-13)15(12(2)18)17(20-3)14-9-10-14/h4-8,14H,9-10,18-19H2,1-3H3/b15-12+,16-11-,20-17?. The number of hydrogen-bond acceptors (Lipinski definition) is 3. The average Bonchev–Trinajstić information content (AvgIpc) is 3.28. The van der Waals surface area contributed by atoms with Gasteiger partial charge in [-0.3, -0.25) is 4.99 Å². The van der Waals surface area contributed by atoms with Crippen molar-refractivity contribution in [2.75, 3.05) is 7.05 Å². The summed E-state index contributed by atoms with van der Waals surface area (Å²) in [6.07, 6.45) is 2.39. The van der Waals surface area contributed by atoms with Crippen LogP contribution in [-0.4, -0.2) is 12.8 Å². The van der Waals surface area contributed by atoms with Crippen LogP contribution in [0.1, 0.15) is 32.3 Å². The van der Waals surface area contributed by atoms with Crippen molar-refractivity contribution in [3.8, 4) is 0 Å². The summed E-state index contributed by atoms with van der Waals surface area (Å²) in [5, 5.41) is 0. The first kappa shape index (κ1) is 14.4. The Hall–Kier alpha value is -2.03. The number of aliphatic imine (C=N–C) groups is 1. The lowest BCUT2D eigenvalue weighted by Gasteiger charge is -2.16. The monoisotopic (exact) mass is 269 g/mol. The quantitative estimate of drug-likeness (QED) is 0.651. The maximum Gasteiger partial charge on any atom is 0.0468 e. The second-order valence-electron chi connectivity index (χ2n) is 5.35. The van der Waals surface area contributed by atoms with Crippen molar-refractivity contribution >= 4 is 11.4 Å². The summed E-state index contributed by atoms with van der Waals surface area (Å²) < 4.78 is 0. The fourth-order valence-electron chi connectivity index (χ4n) is 2.51. The molecule has 0 amide bonds.